The molecule has 7 heteroatoms. The highest BCUT2D eigenvalue weighted by Gasteiger charge is 2.12. The van der Waals surface area contributed by atoms with Gasteiger partial charge in [0.05, 0.1) is 9.75 Å². The average Bonchev–Trinajstić information content (AvgIpc) is 2.96. The Morgan fingerprint density at radius 3 is 3.06 bits per heavy atom. The number of carbonyl (C=O) groups is 1. The molecule has 0 bridgehead atoms. The van der Waals surface area contributed by atoms with Crippen molar-refractivity contribution in [3.8, 4) is 11.8 Å². The Kier molecular flexibility index (Phi) is 3.72. The molecule has 0 saturated heterocycles. The largest absolute Gasteiger partial charge is 0.408 e. The number of aliphatic hydroxyl groups is 1. The summed E-state index contributed by atoms with van der Waals surface area (Å²) in [5.74, 6) is 5.29. The molecule has 0 aliphatic rings. The molecule has 2 heterocycles. The van der Waals surface area contributed by atoms with Gasteiger partial charge in [0.1, 0.15) is 6.61 Å². The quantitative estimate of drug-likeness (QED) is 0.790. The first-order chi connectivity index (χ1) is 8.69. The van der Waals surface area contributed by atoms with E-state index in [9.17, 15) is 4.79 Å². The normalized spacial score (nSPS) is 9.67. The lowest BCUT2D eigenvalue weighted by Gasteiger charge is -1.95. The fraction of sp³-hybridized carbons (Fsp3) is 0.182. The van der Waals surface area contributed by atoms with Crippen LogP contribution in [0.3, 0.4) is 0 Å². The highest BCUT2D eigenvalue weighted by molar-refractivity contribution is 7.14. The number of nitrogens with one attached hydrogen (secondary N) is 1. The topological polar surface area (TPSA) is 88.2 Å². The van der Waals surface area contributed by atoms with E-state index in [1.54, 1.807) is 19.1 Å². The van der Waals surface area contributed by atoms with Crippen LogP contribution in [0.2, 0.25) is 0 Å². The van der Waals surface area contributed by atoms with Gasteiger partial charge in [-0.2, -0.15) is 0 Å². The Hall–Kier alpha value is -2.17. The molecular formula is C11H9N3O3S. The predicted molar refractivity (Wildman–Crippen MR) is 65.3 cm³/mol. The van der Waals surface area contributed by atoms with Crippen LogP contribution in [-0.2, 0) is 0 Å². The Morgan fingerprint density at radius 1 is 1.56 bits per heavy atom. The number of amides is 1. The summed E-state index contributed by atoms with van der Waals surface area (Å²) in [6, 6.07) is 3.42. The van der Waals surface area contributed by atoms with E-state index in [1.165, 1.54) is 11.3 Å². The van der Waals surface area contributed by atoms with Crippen molar-refractivity contribution in [1.82, 2.24) is 10.2 Å². The first kappa shape index (κ1) is 12.3. The van der Waals surface area contributed by atoms with Gasteiger partial charge in [0.15, 0.2) is 0 Å². The van der Waals surface area contributed by atoms with Crippen LogP contribution in [0.5, 0.6) is 0 Å². The van der Waals surface area contributed by atoms with E-state index in [0.29, 0.717) is 15.6 Å². The first-order valence-corrected chi connectivity index (χ1v) is 5.81. The van der Waals surface area contributed by atoms with E-state index in [0.717, 1.165) is 0 Å². The number of hydrogen-bond acceptors (Lipinski definition) is 6. The molecule has 0 spiro atoms. The zero-order valence-corrected chi connectivity index (χ0v) is 10.2. The number of aromatic nitrogens is 2. The number of nitrogens with zero attached hydrogens (tertiary/aromatic N) is 2. The Labute approximate surface area is 107 Å². The molecule has 0 aromatic carbocycles. The van der Waals surface area contributed by atoms with Crippen LogP contribution >= 0.6 is 11.3 Å². The maximum atomic E-state index is 11.8. The summed E-state index contributed by atoms with van der Waals surface area (Å²) in [4.78, 5) is 13.0. The van der Waals surface area contributed by atoms with Crippen LogP contribution in [0.25, 0.3) is 0 Å². The van der Waals surface area contributed by atoms with Crippen molar-refractivity contribution in [2.75, 3.05) is 11.9 Å². The van der Waals surface area contributed by atoms with Crippen molar-refractivity contribution in [2.45, 2.75) is 6.92 Å². The predicted octanol–water partition coefficient (Wildman–Crippen LogP) is 1.04. The van der Waals surface area contributed by atoms with Gasteiger partial charge in [-0.15, -0.1) is 16.4 Å². The number of aliphatic hydroxyl groups excluding tert-OH is 1. The molecule has 0 aliphatic heterocycles. The molecule has 0 fully saturated rings. The molecule has 6 nitrogen and oxygen atoms in total. The van der Waals surface area contributed by atoms with Gasteiger partial charge < -0.3 is 9.52 Å². The van der Waals surface area contributed by atoms with Gasteiger partial charge in [-0.05, 0) is 12.1 Å². The summed E-state index contributed by atoms with van der Waals surface area (Å²) in [6.07, 6.45) is 0. The van der Waals surface area contributed by atoms with E-state index >= 15 is 0 Å². The molecule has 1 amide bonds. The summed E-state index contributed by atoms with van der Waals surface area (Å²) >= 11 is 1.22. The molecule has 18 heavy (non-hydrogen) atoms. The van der Waals surface area contributed by atoms with Gasteiger partial charge in [0.25, 0.3) is 5.91 Å². The minimum Gasteiger partial charge on any atom is -0.408 e. The van der Waals surface area contributed by atoms with Crippen molar-refractivity contribution in [1.29, 1.82) is 0 Å². The van der Waals surface area contributed by atoms with E-state index in [4.69, 9.17) is 9.52 Å². The SMILES string of the molecule is Cc1nnc(NC(=O)c2ccc(C#CCO)s2)o1. The van der Waals surface area contributed by atoms with Gasteiger partial charge in [0, 0.05) is 6.92 Å². The van der Waals surface area contributed by atoms with E-state index in [1.807, 2.05) is 0 Å². The molecule has 2 N–H and O–H groups in total. The highest BCUT2D eigenvalue weighted by atomic mass is 32.1. The second kappa shape index (κ2) is 5.44. The van der Waals surface area contributed by atoms with Crippen molar-refractivity contribution >= 4 is 23.3 Å². The fourth-order valence-corrected chi connectivity index (χ4v) is 1.94. The number of rotatable bonds is 2. The molecule has 92 valence electrons. The van der Waals surface area contributed by atoms with Crippen molar-refractivity contribution in [2.24, 2.45) is 0 Å². The molecule has 0 atom stereocenters. The number of aryl methyl sites for hydroxylation is 1. The lowest BCUT2D eigenvalue weighted by Crippen LogP contribution is -2.10. The Bertz CT molecular complexity index is 621. The zero-order valence-electron chi connectivity index (χ0n) is 9.43. The molecule has 2 aromatic heterocycles. The standard InChI is InChI=1S/C11H9N3O3S/c1-7-13-14-11(17-7)12-10(16)9-5-4-8(18-9)3-2-6-15/h4-5,15H,6H2,1H3,(H,12,14,16). The third kappa shape index (κ3) is 2.94. The Balaban J connectivity index is 2.07. The van der Waals surface area contributed by atoms with Crippen LogP contribution in [0.4, 0.5) is 6.01 Å². The fourth-order valence-electron chi connectivity index (χ4n) is 1.16. The molecule has 2 aromatic rings. The van der Waals surface area contributed by atoms with Crippen LogP contribution in [0.1, 0.15) is 20.4 Å². The number of carbonyl (C=O) groups excluding carboxylic acids is 1. The average molecular weight is 263 g/mol. The molecule has 0 saturated carbocycles. The Morgan fingerprint density at radius 2 is 2.39 bits per heavy atom. The third-order valence-corrected chi connectivity index (χ3v) is 2.87. The van der Waals surface area contributed by atoms with Gasteiger partial charge in [-0.25, -0.2) is 0 Å². The van der Waals surface area contributed by atoms with E-state index in [2.05, 4.69) is 27.4 Å². The highest BCUT2D eigenvalue weighted by Crippen LogP contribution is 2.17. The van der Waals surface area contributed by atoms with Crippen molar-refractivity contribution < 1.29 is 14.3 Å². The van der Waals surface area contributed by atoms with Crippen LogP contribution < -0.4 is 5.32 Å². The molecule has 0 radical (unpaired) electrons. The van der Waals surface area contributed by atoms with E-state index < -0.39 is 0 Å². The molecule has 0 aliphatic carbocycles. The van der Waals surface area contributed by atoms with E-state index in [-0.39, 0.29) is 18.5 Å². The van der Waals surface area contributed by atoms with Crippen LogP contribution in [-0.4, -0.2) is 27.8 Å². The lowest BCUT2D eigenvalue weighted by atomic mass is 10.4. The zero-order chi connectivity index (χ0) is 13.0. The maximum Gasteiger partial charge on any atom is 0.322 e. The first-order valence-electron chi connectivity index (χ1n) is 5.00. The summed E-state index contributed by atoms with van der Waals surface area (Å²) in [7, 11) is 0. The second-order valence-corrected chi connectivity index (χ2v) is 4.29. The minimum absolute atomic E-state index is 0.0638. The van der Waals surface area contributed by atoms with Crippen molar-refractivity contribution in [3.05, 3.63) is 27.8 Å². The molecular weight excluding hydrogens is 254 g/mol. The minimum atomic E-state index is -0.333. The monoisotopic (exact) mass is 263 g/mol. The smallest absolute Gasteiger partial charge is 0.322 e. The third-order valence-electron chi connectivity index (χ3n) is 1.87. The van der Waals surface area contributed by atoms with Gasteiger partial charge in [-0.3, -0.25) is 10.1 Å². The number of hydrogen-bond donors (Lipinski definition) is 2. The second-order valence-electron chi connectivity index (χ2n) is 3.20. The summed E-state index contributed by atoms with van der Waals surface area (Å²) in [5.41, 5.74) is 0. The van der Waals surface area contributed by atoms with Gasteiger partial charge in [0.2, 0.25) is 5.89 Å². The number of anilines is 1. The summed E-state index contributed by atoms with van der Waals surface area (Å²) < 4.78 is 5.04. The van der Waals surface area contributed by atoms with Crippen LogP contribution in [0, 0.1) is 18.8 Å². The van der Waals surface area contributed by atoms with Gasteiger partial charge in [-0.1, -0.05) is 16.9 Å². The van der Waals surface area contributed by atoms with Gasteiger partial charge >= 0.3 is 6.01 Å². The maximum absolute atomic E-state index is 11.8. The molecule has 0 unspecified atom stereocenters. The van der Waals surface area contributed by atoms with Crippen LogP contribution in [0.15, 0.2) is 16.5 Å². The molecule has 2 rings (SSSR count). The summed E-state index contributed by atoms with van der Waals surface area (Å²) in [5, 5.41) is 18.3. The number of thiophene rings is 1. The summed E-state index contributed by atoms with van der Waals surface area (Å²) in [6.45, 7) is 1.43. The van der Waals surface area contributed by atoms with Crippen molar-refractivity contribution in [3.63, 3.8) is 0 Å². The lowest BCUT2D eigenvalue weighted by molar-refractivity contribution is 0.102.